The van der Waals surface area contributed by atoms with E-state index in [1.807, 2.05) is 19.1 Å². The number of hydrogen-bond donors (Lipinski definition) is 0. The van der Waals surface area contributed by atoms with Crippen LogP contribution in [0.4, 0.5) is 0 Å². The number of benzene rings is 3. The van der Waals surface area contributed by atoms with Crippen LogP contribution in [0, 0.1) is 24.5 Å². The average molecular weight is 618 g/mol. The normalized spacial score (nSPS) is 11.7. The Morgan fingerprint density at radius 1 is 0.689 bits per heavy atom. The Hall–Kier alpha value is -5.39. The summed E-state index contributed by atoms with van der Waals surface area (Å²) in [5.41, 5.74) is 7.93. The van der Waals surface area contributed by atoms with Crippen LogP contribution in [-0.4, -0.2) is 9.13 Å². The zero-order chi connectivity index (χ0) is 31.2. The van der Waals surface area contributed by atoms with Crippen molar-refractivity contribution in [2.45, 2.75) is 33.9 Å². The highest BCUT2D eigenvalue weighted by molar-refractivity contribution is 7.16. The lowest BCUT2D eigenvalue weighted by Crippen LogP contribution is -1.94. The second-order valence-electron chi connectivity index (χ2n) is 10.9. The minimum atomic E-state index is 0.0806. The number of hydrogen-bond acceptors (Lipinski definition) is 3. The van der Waals surface area contributed by atoms with Crippen molar-refractivity contribution in [2.75, 3.05) is 0 Å². The molecule has 0 spiro atoms. The Morgan fingerprint density at radius 2 is 1.16 bits per heavy atom. The van der Waals surface area contributed by atoms with Crippen molar-refractivity contribution in [3.63, 3.8) is 0 Å². The van der Waals surface area contributed by atoms with Gasteiger partial charge in [0.2, 0.25) is 0 Å². The number of nitrogens with zero attached hydrogens (tertiary/aromatic N) is 5. The van der Waals surface area contributed by atoms with Crippen molar-refractivity contribution >= 4 is 78.4 Å². The zero-order valence-electron chi connectivity index (χ0n) is 25.0. The van der Waals surface area contributed by atoms with E-state index in [2.05, 4.69) is 105 Å². The minimum Gasteiger partial charge on any atom is -0.341 e. The van der Waals surface area contributed by atoms with Gasteiger partial charge in [0.25, 0.3) is 0 Å². The molecule has 0 amide bonds. The van der Waals surface area contributed by atoms with E-state index in [0.717, 1.165) is 33.3 Å². The fourth-order valence-corrected chi connectivity index (χ4v) is 8.24. The van der Waals surface area contributed by atoms with Crippen LogP contribution >= 0.6 is 22.7 Å². The van der Waals surface area contributed by atoms with Crippen LogP contribution in [-0.2, 0) is 13.1 Å². The maximum absolute atomic E-state index is 9.18. The lowest BCUT2D eigenvalue weighted by atomic mass is 10.1. The van der Waals surface area contributed by atoms with Crippen LogP contribution < -0.4 is 0 Å². The van der Waals surface area contributed by atoms with Crippen molar-refractivity contribution in [3.05, 3.63) is 117 Å². The molecule has 0 aliphatic heterocycles. The van der Waals surface area contributed by atoms with Crippen molar-refractivity contribution < 1.29 is 0 Å². The van der Waals surface area contributed by atoms with E-state index < -0.39 is 0 Å². The SMILES string of the molecule is [C-]#[N+]C(=Cc1ccc(-c2ccc3c4cc5c(cc4n(CC)c3c2)c2ccc(-c3ccc(/C=C(/C)C#N)s3)cc2n5CC)s1)[N+]#[C-]. The first-order chi connectivity index (χ1) is 22.0. The largest absolute Gasteiger partial charge is 0.520 e. The Labute approximate surface area is 269 Å². The Kier molecular flexibility index (Phi) is 7.11. The van der Waals surface area contributed by atoms with Crippen LogP contribution in [0.3, 0.4) is 0 Å². The number of fused-ring (bicyclic) bond motifs is 6. The molecule has 7 aromatic rings. The molecule has 4 aromatic heterocycles. The molecule has 3 aromatic carbocycles. The van der Waals surface area contributed by atoms with Crippen molar-refractivity contribution in [2.24, 2.45) is 0 Å². The molecule has 0 radical (unpaired) electrons. The van der Waals surface area contributed by atoms with E-state index in [1.54, 1.807) is 28.7 Å². The summed E-state index contributed by atoms with van der Waals surface area (Å²) in [6, 6.07) is 28.7. The van der Waals surface area contributed by atoms with Crippen LogP contribution in [0.1, 0.15) is 30.5 Å². The van der Waals surface area contributed by atoms with E-state index in [-0.39, 0.29) is 5.82 Å². The van der Waals surface area contributed by atoms with Crippen LogP contribution in [0.25, 0.3) is 86.3 Å². The summed E-state index contributed by atoms with van der Waals surface area (Å²) < 4.78 is 4.83. The molecule has 0 saturated heterocycles. The predicted octanol–water partition coefficient (Wildman–Crippen LogP) is 11.5. The van der Waals surface area contributed by atoms with Crippen LogP contribution in [0.2, 0.25) is 0 Å². The van der Waals surface area contributed by atoms with Crippen LogP contribution in [0.15, 0.2) is 84.2 Å². The lowest BCUT2D eigenvalue weighted by Gasteiger charge is -2.05. The first-order valence-corrected chi connectivity index (χ1v) is 16.4. The molecule has 4 heterocycles. The number of allylic oxidation sites excluding steroid dienone is 1. The smallest absolute Gasteiger partial charge is 0.341 e. The third-order valence-electron chi connectivity index (χ3n) is 8.34. The molecule has 45 heavy (non-hydrogen) atoms. The van der Waals surface area contributed by atoms with E-state index in [1.165, 1.54) is 54.1 Å². The highest BCUT2D eigenvalue weighted by Crippen LogP contribution is 2.40. The van der Waals surface area contributed by atoms with Gasteiger partial charge in [-0.05, 0) is 86.5 Å². The molecule has 0 aliphatic carbocycles. The van der Waals surface area contributed by atoms with Gasteiger partial charge >= 0.3 is 5.82 Å². The monoisotopic (exact) mass is 617 g/mol. The maximum atomic E-state index is 9.18. The summed E-state index contributed by atoms with van der Waals surface area (Å²) >= 11 is 3.31. The summed E-state index contributed by atoms with van der Waals surface area (Å²) in [6.45, 7) is 22.3. The first-order valence-electron chi connectivity index (χ1n) is 14.7. The van der Waals surface area contributed by atoms with E-state index >= 15 is 0 Å². The summed E-state index contributed by atoms with van der Waals surface area (Å²) in [7, 11) is 0. The van der Waals surface area contributed by atoms with Crippen molar-refractivity contribution in [1.82, 2.24) is 9.13 Å². The molecule has 0 atom stereocenters. The van der Waals surface area contributed by atoms with E-state index in [9.17, 15) is 5.26 Å². The van der Waals surface area contributed by atoms with Crippen LogP contribution in [0.5, 0.6) is 0 Å². The predicted molar refractivity (Wildman–Crippen MR) is 191 cm³/mol. The molecular weight excluding hydrogens is 591 g/mol. The van der Waals surface area contributed by atoms with Crippen molar-refractivity contribution in [3.8, 4) is 27.0 Å². The highest BCUT2D eigenvalue weighted by Gasteiger charge is 2.18. The summed E-state index contributed by atoms with van der Waals surface area (Å²) in [6.07, 6.45) is 3.60. The third kappa shape index (κ3) is 4.73. The summed E-state index contributed by atoms with van der Waals surface area (Å²) in [4.78, 5) is 10.9. The number of rotatable bonds is 6. The Bertz CT molecular complexity index is 2490. The van der Waals surface area contributed by atoms with Gasteiger partial charge in [0.15, 0.2) is 0 Å². The van der Waals surface area contributed by atoms with Gasteiger partial charge in [-0.2, -0.15) is 15.0 Å². The quantitative estimate of drug-likeness (QED) is 0.135. The average Bonchev–Trinajstić information content (AvgIpc) is 3.85. The molecule has 5 nitrogen and oxygen atoms in total. The molecule has 0 saturated carbocycles. The molecule has 0 aliphatic rings. The summed E-state index contributed by atoms with van der Waals surface area (Å²) in [5, 5.41) is 14.2. The van der Waals surface area contributed by atoms with Gasteiger partial charge in [0.05, 0.1) is 6.07 Å². The molecule has 0 unspecified atom stereocenters. The van der Waals surface area contributed by atoms with Gasteiger partial charge in [-0.25, -0.2) is 0 Å². The summed E-state index contributed by atoms with van der Waals surface area (Å²) in [5.74, 6) is 0.0806. The molecule has 7 rings (SSSR count). The minimum absolute atomic E-state index is 0.0806. The molecule has 0 bridgehead atoms. The van der Waals surface area contributed by atoms with Gasteiger partial charge in [-0.1, -0.05) is 24.3 Å². The van der Waals surface area contributed by atoms with Gasteiger partial charge in [0.1, 0.15) is 13.1 Å². The maximum Gasteiger partial charge on any atom is 0.520 e. The van der Waals surface area contributed by atoms with E-state index in [0.29, 0.717) is 5.57 Å². The molecule has 216 valence electrons. The molecule has 0 N–H and O–H groups in total. The zero-order valence-corrected chi connectivity index (χ0v) is 26.7. The fourth-order valence-electron chi connectivity index (χ4n) is 6.30. The van der Waals surface area contributed by atoms with Gasteiger partial charge in [-0.3, -0.25) is 0 Å². The third-order valence-corrected chi connectivity index (χ3v) is 10.5. The standard InChI is InChI=1S/C38H27N5S2/c1-6-42-32-17-24(36-14-10-26(44-36)16-23(3)22-39)8-12-28(32)30-20-35-31(21-34(30)42)29-13-9-25(18-33(29)43(35)7-2)37-15-11-27(45-37)19-38(40-4)41-5/h8-21H,6-7H2,1-3H3/b23-16-. The van der Waals surface area contributed by atoms with Gasteiger partial charge in [-0.15, -0.1) is 22.7 Å². The molecular formula is C38H27N5S2. The number of nitriles is 1. The Morgan fingerprint density at radius 3 is 1.60 bits per heavy atom. The Balaban J connectivity index is 1.37. The first kappa shape index (κ1) is 28.4. The van der Waals surface area contributed by atoms with Crippen molar-refractivity contribution in [1.29, 1.82) is 5.26 Å². The second kappa shape index (κ2) is 11.3. The second-order valence-corrected chi connectivity index (χ2v) is 13.1. The fraction of sp³-hybridized carbons (Fsp3) is 0.132. The lowest BCUT2D eigenvalue weighted by molar-refractivity contribution is 0.824. The number of aromatic nitrogens is 2. The highest BCUT2D eigenvalue weighted by atomic mass is 32.1. The topological polar surface area (TPSA) is 42.4 Å². The number of aryl methyl sites for hydroxylation is 2. The van der Waals surface area contributed by atoms with Gasteiger partial charge < -0.3 is 9.13 Å². The van der Waals surface area contributed by atoms with E-state index in [4.69, 9.17) is 13.1 Å². The number of thiophene rings is 2. The molecule has 7 heteroatoms. The van der Waals surface area contributed by atoms with Gasteiger partial charge in [0, 0.05) is 87.9 Å². The molecule has 0 fully saturated rings.